The third-order valence-electron chi connectivity index (χ3n) is 8.58. The van der Waals surface area contributed by atoms with Crippen LogP contribution in [0.3, 0.4) is 0 Å². The average Bonchev–Trinajstić information content (AvgIpc) is 3.08. The maximum atomic E-state index is 14.5. The Morgan fingerprint density at radius 3 is 2.30 bits per heavy atom. The second kappa shape index (κ2) is 14.6. The van der Waals surface area contributed by atoms with Crippen molar-refractivity contribution >= 4 is 11.8 Å². The molecule has 0 spiro atoms. The number of benzene rings is 3. The number of hydrogen-bond acceptors (Lipinski definition) is 8. The number of aromatic nitrogens is 1. The molecule has 2 heterocycles. The summed E-state index contributed by atoms with van der Waals surface area (Å²) in [5.41, 5.74) is 2.78. The Hall–Kier alpha value is -5.00. The maximum Gasteiger partial charge on any atom is 0.257 e. The SMILES string of the molecule is O=C(NC1CCC(NC(=O)c2cc(F)cnc2Oc2c(O)ccc(-c3ccccc3)c2CN2CCOCC2)CC1)c1cccc(O)c1. The van der Waals surface area contributed by atoms with Crippen LogP contribution < -0.4 is 15.4 Å². The summed E-state index contributed by atoms with van der Waals surface area (Å²) >= 11 is 0. The van der Waals surface area contributed by atoms with Crippen LogP contribution in [0.25, 0.3) is 11.1 Å². The molecule has 1 saturated heterocycles. The molecule has 2 amide bonds. The van der Waals surface area contributed by atoms with Gasteiger partial charge in [0.1, 0.15) is 17.1 Å². The molecule has 47 heavy (non-hydrogen) atoms. The van der Waals surface area contributed by atoms with E-state index in [4.69, 9.17) is 9.47 Å². The van der Waals surface area contributed by atoms with Gasteiger partial charge in [-0.3, -0.25) is 14.5 Å². The summed E-state index contributed by atoms with van der Waals surface area (Å²) < 4.78 is 26.3. The predicted octanol–water partition coefficient (Wildman–Crippen LogP) is 5.39. The summed E-state index contributed by atoms with van der Waals surface area (Å²) in [5, 5.41) is 26.7. The average molecular weight is 641 g/mol. The number of nitrogens with zero attached hydrogens (tertiary/aromatic N) is 2. The molecule has 0 unspecified atom stereocenters. The summed E-state index contributed by atoms with van der Waals surface area (Å²) in [6.45, 7) is 3.03. The number of phenols is 2. The van der Waals surface area contributed by atoms with Gasteiger partial charge in [0.2, 0.25) is 5.88 Å². The first-order chi connectivity index (χ1) is 22.8. The van der Waals surface area contributed by atoms with E-state index in [2.05, 4.69) is 20.5 Å². The van der Waals surface area contributed by atoms with E-state index in [0.29, 0.717) is 69.7 Å². The van der Waals surface area contributed by atoms with Crippen molar-refractivity contribution in [2.45, 2.75) is 44.3 Å². The number of carbonyl (C=O) groups excluding carboxylic acids is 2. The van der Waals surface area contributed by atoms with E-state index in [-0.39, 0.29) is 46.7 Å². The van der Waals surface area contributed by atoms with Gasteiger partial charge in [-0.1, -0.05) is 42.5 Å². The van der Waals surface area contributed by atoms with Gasteiger partial charge in [0.25, 0.3) is 11.8 Å². The van der Waals surface area contributed by atoms with Crippen LogP contribution in [0.5, 0.6) is 23.1 Å². The highest BCUT2D eigenvalue weighted by Crippen LogP contribution is 2.41. The fourth-order valence-electron chi connectivity index (χ4n) is 6.09. The smallest absolute Gasteiger partial charge is 0.257 e. The zero-order valence-corrected chi connectivity index (χ0v) is 25.8. The maximum absolute atomic E-state index is 14.5. The number of hydrogen-bond donors (Lipinski definition) is 4. The van der Waals surface area contributed by atoms with E-state index in [1.807, 2.05) is 36.4 Å². The number of carbonyl (C=O) groups is 2. The third-order valence-corrected chi connectivity index (χ3v) is 8.58. The van der Waals surface area contributed by atoms with Gasteiger partial charge in [0.05, 0.1) is 19.4 Å². The molecule has 0 bridgehead atoms. The first-order valence-corrected chi connectivity index (χ1v) is 15.8. The lowest BCUT2D eigenvalue weighted by molar-refractivity contribution is 0.0339. The highest BCUT2D eigenvalue weighted by molar-refractivity contribution is 5.97. The summed E-state index contributed by atoms with van der Waals surface area (Å²) in [5.74, 6) is -1.60. The van der Waals surface area contributed by atoms with Crippen LogP contribution in [0.4, 0.5) is 4.39 Å². The quantitative estimate of drug-likeness (QED) is 0.191. The van der Waals surface area contributed by atoms with Crippen molar-refractivity contribution in [2.75, 3.05) is 26.3 Å². The van der Waals surface area contributed by atoms with Crippen LogP contribution in [0.1, 0.15) is 52.0 Å². The minimum Gasteiger partial charge on any atom is -0.508 e. The first kappa shape index (κ1) is 32.0. The van der Waals surface area contributed by atoms with Crippen LogP contribution in [0.15, 0.2) is 79.0 Å². The van der Waals surface area contributed by atoms with Gasteiger partial charge in [-0.2, -0.15) is 0 Å². The van der Waals surface area contributed by atoms with Crippen molar-refractivity contribution in [1.29, 1.82) is 0 Å². The molecule has 1 aliphatic heterocycles. The number of amides is 2. The van der Waals surface area contributed by atoms with Crippen molar-refractivity contribution in [1.82, 2.24) is 20.5 Å². The number of aromatic hydroxyl groups is 2. The molecule has 1 aromatic heterocycles. The largest absolute Gasteiger partial charge is 0.508 e. The molecule has 1 aliphatic carbocycles. The normalized spacial score (nSPS) is 18.3. The number of rotatable bonds is 9. The lowest BCUT2D eigenvalue weighted by Gasteiger charge is -2.30. The molecular formula is C36H37FN4O6. The van der Waals surface area contributed by atoms with Crippen LogP contribution in [-0.4, -0.2) is 70.3 Å². The molecule has 244 valence electrons. The van der Waals surface area contributed by atoms with Crippen molar-refractivity contribution in [3.8, 4) is 34.3 Å². The van der Waals surface area contributed by atoms with Gasteiger partial charge in [0.15, 0.2) is 11.5 Å². The number of ether oxygens (including phenoxy) is 2. The summed E-state index contributed by atoms with van der Waals surface area (Å²) in [6.07, 6.45) is 3.43. The Morgan fingerprint density at radius 1 is 0.894 bits per heavy atom. The highest BCUT2D eigenvalue weighted by Gasteiger charge is 2.27. The van der Waals surface area contributed by atoms with E-state index in [9.17, 15) is 24.2 Å². The van der Waals surface area contributed by atoms with Gasteiger partial charge in [-0.05, 0) is 67.1 Å². The zero-order chi connectivity index (χ0) is 32.8. The van der Waals surface area contributed by atoms with E-state index in [0.717, 1.165) is 23.4 Å². The molecule has 6 rings (SSSR count). The number of nitrogens with one attached hydrogen (secondary N) is 2. The molecule has 4 N–H and O–H groups in total. The summed E-state index contributed by atoms with van der Waals surface area (Å²) in [4.78, 5) is 32.5. The lowest BCUT2D eigenvalue weighted by atomic mass is 9.90. The first-order valence-electron chi connectivity index (χ1n) is 15.8. The van der Waals surface area contributed by atoms with Crippen molar-refractivity contribution in [3.63, 3.8) is 0 Å². The Morgan fingerprint density at radius 2 is 1.60 bits per heavy atom. The van der Waals surface area contributed by atoms with Gasteiger partial charge >= 0.3 is 0 Å². The Labute approximate surface area is 272 Å². The Bertz CT molecular complexity index is 1720. The molecule has 4 aromatic rings. The second-order valence-corrected chi connectivity index (χ2v) is 11.8. The topological polar surface area (TPSA) is 133 Å². The molecule has 3 aromatic carbocycles. The molecule has 1 saturated carbocycles. The summed E-state index contributed by atoms with van der Waals surface area (Å²) in [6, 6.07) is 20.1. The monoisotopic (exact) mass is 640 g/mol. The van der Waals surface area contributed by atoms with Crippen LogP contribution in [-0.2, 0) is 11.3 Å². The Balaban J connectivity index is 1.19. The van der Waals surface area contributed by atoms with Crippen LogP contribution in [0.2, 0.25) is 0 Å². The third kappa shape index (κ3) is 7.87. The standard InChI is InChI=1S/C36H37FN4O6/c37-25-20-30(35(45)40-27-11-9-26(10-12-27)39-34(44)24-7-4-8-28(42)19-24)36(38-21-25)47-33-31(22-41-15-17-46-18-16-41)29(13-14-32(33)43)23-5-2-1-3-6-23/h1-8,13-14,19-21,26-27,42-43H,9-12,15-18,22H2,(H,39,44)(H,40,45). The number of morpholine rings is 1. The molecule has 11 heteroatoms. The van der Waals surface area contributed by atoms with Crippen molar-refractivity contribution < 1.29 is 33.7 Å². The minimum atomic E-state index is -0.698. The van der Waals surface area contributed by atoms with Crippen LogP contribution in [0, 0.1) is 5.82 Å². The second-order valence-electron chi connectivity index (χ2n) is 11.8. The van der Waals surface area contributed by atoms with Crippen molar-refractivity contribution in [2.24, 2.45) is 0 Å². The molecule has 0 radical (unpaired) electrons. The molecule has 10 nitrogen and oxygen atoms in total. The van der Waals surface area contributed by atoms with E-state index < -0.39 is 11.7 Å². The van der Waals surface area contributed by atoms with E-state index in [1.165, 1.54) is 12.1 Å². The minimum absolute atomic E-state index is 0.0201. The fourth-order valence-corrected chi connectivity index (χ4v) is 6.09. The fraction of sp³-hybridized carbons (Fsp3) is 0.306. The molecular weight excluding hydrogens is 603 g/mol. The lowest BCUT2D eigenvalue weighted by Crippen LogP contribution is -2.43. The Kier molecular flexibility index (Phi) is 9.94. The molecule has 2 aliphatic rings. The summed E-state index contributed by atoms with van der Waals surface area (Å²) in [7, 11) is 0. The number of phenolic OH excluding ortho intramolecular Hbond substituents is 2. The number of halogens is 1. The molecule has 2 fully saturated rings. The van der Waals surface area contributed by atoms with Crippen LogP contribution >= 0.6 is 0 Å². The van der Waals surface area contributed by atoms with Gasteiger partial charge < -0.3 is 30.3 Å². The predicted molar refractivity (Wildman–Crippen MR) is 173 cm³/mol. The van der Waals surface area contributed by atoms with Gasteiger partial charge in [0, 0.05) is 42.8 Å². The van der Waals surface area contributed by atoms with E-state index >= 15 is 0 Å². The zero-order valence-electron chi connectivity index (χ0n) is 25.8. The molecule has 0 atom stereocenters. The van der Waals surface area contributed by atoms with Gasteiger partial charge in [-0.25, -0.2) is 9.37 Å². The highest BCUT2D eigenvalue weighted by atomic mass is 19.1. The van der Waals surface area contributed by atoms with Gasteiger partial charge in [-0.15, -0.1) is 0 Å². The number of pyridine rings is 1. The van der Waals surface area contributed by atoms with Crippen molar-refractivity contribution in [3.05, 3.63) is 102 Å². The van der Waals surface area contributed by atoms with E-state index in [1.54, 1.807) is 18.2 Å².